The summed E-state index contributed by atoms with van der Waals surface area (Å²) in [7, 11) is 1.62. The second-order valence-corrected chi connectivity index (χ2v) is 5.70. The van der Waals surface area contributed by atoms with Crippen LogP contribution in [0.2, 0.25) is 0 Å². The molecule has 0 bridgehead atoms. The van der Waals surface area contributed by atoms with Gasteiger partial charge in [-0.2, -0.15) is 0 Å². The predicted molar refractivity (Wildman–Crippen MR) is 94.7 cm³/mol. The first-order valence-electron chi connectivity index (χ1n) is 7.74. The van der Waals surface area contributed by atoms with Crippen molar-refractivity contribution in [3.05, 3.63) is 81.0 Å². The van der Waals surface area contributed by atoms with Gasteiger partial charge in [-0.3, -0.25) is 4.79 Å². The first-order chi connectivity index (χ1) is 12.2. The zero-order valence-electron chi connectivity index (χ0n) is 13.4. The van der Waals surface area contributed by atoms with Crippen LogP contribution in [0.15, 0.2) is 73.2 Å². The Balaban J connectivity index is 2.06. The number of benzene rings is 2. The zero-order valence-corrected chi connectivity index (χ0v) is 13.4. The van der Waals surface area contributed by atoms with Crippen LogP contribution in [-0.2, 0) is 11.3 Å². The molecule has 4 aromatic rings. The van der Waals surface area contributed by atoms with Gasteiger partial charge in [0.1, 0.15) is 11.2 Å². The summed E-state index contributed by atoms with van der Waals surface area (Å²) in [5.74, 6) is 0. The van der Waals surface area contributed by atoms with Crippen LogP contribution in [0.25, 0.3) is 33.1 Å². The summed E-state index contributed by atoms with van der Waals surface area (Å²) in [6.07, 6.45) is 1.39. The maximum Gasteiger partial charge on any atom is 0.336 e. The lowest BCUT2D eigenvalue weighted by molar-refractivity contribution is 0.185. The molecule has 0 N–H and O–H groups in total. The highest BCUT2D eigenvalue weighted by atomic mass is 16.5. The Morgan fingerprint density at radius 2 is 1.88 bits per heavy atom. The maximum absolute atomic E-state index is 12.1. The summed E-state index contributed by atoms with van der Waals surface area (Å²) in [5.41, 5.74) is 3.08. The van der Waals surface area contributed by atoms with Crippen molar-refractivity contribution in [1.82, 2.24) is 0 Å². The molecular weight excluding hydrogens is 320 g/mol. The van der Waals surface area contributed by atoms with Crippen LogP contribution >= 0.6 is 0 Å². The van der Waals surface area contributed by atoms with E-state index in [0.717, 1.165) is 22.1 Å². The van der Waals surface area contributed by atoms with Gasteiger partial charge in [0.2, 0.25) is 0 Å². The molecule has 2 aromatic heterocycles. The molecule has 25 heavy (non-hydrogen) atoms. The fourth-order valence-corrected chi connectivity index (χ4v) is 3.01. The summed E-state index contributed by atoms with van der Waals surface area (Å²) >= 11 is 0. The highest BCUT2D eigenvalue weighted by Crippen LogP contribution is 2.33. The van der Waals surface area contributed by atoms with E-state index in [-0.39, 0.29) is 5.43 Å². The molecule has 4 rings (SSSR count). The third kappa shape index (κ3) is 2.64. The quantitative estimate of drug-likeness (QED) is 0.534. The molecule has 0 unspecified atom stereocenters. The average molecular weight is 334 g/mol. The van der Waals surface area contributed by atoms with Crippen molar-refractivity contribution in [1.29, 1.82) is 0 Å². The second kappa shape index (κ2) is 6.03. The van der Waals surface area contributed by atoms with Crippen LogP contribution in [0.5, 0.6) is 0 Å². The zero-order chi connectivity index (χ0) is 17.4. The van der Waals surface area contributed by atoms with Crippen LogP contribution in [0.4, 0.5) is 0 Å². The number of fused-ring (bicyclic) bond motifs is 2. The maximum atomic E-state index is 12.1. The third-order valence-electron chi connectivity index (χ3n) is 4.12. The van der Waals surface area contributed by atoms with Gasteiger partial charge in [-0.05, 0) is 35.4 Å². The van der Waals surface area contributed by atoms with E-state index in [9.17, 15) is 9.59 Å². The number of hydrogen-bond acceptors (Lipinski definition) is 5. The van der Waals surface area contributed by atoms with Gasteiger partial charge >= 0.3 is 5.63 Å². The van der Waals surface area contributed by atoms with E-state index >= 15 is 0 Å². The molecule has 0 aliphatic carbocycles. The van der Waals surface area contributed by atoms with Crippen LogP contribution in [0, 0.1) is 0 Å². The van der Waals surface area contributed by atoms with Gasteiger partial charge in [0, 0.05) is 30.2 Å². The summed E-state index contributed by atoms with van der Waals surface area (Å²) in [6.45, 7) is 0.381. The molecule has 2 aromatic carbocycles. The SMILES string of the molecule is COCc1ccc2c(=O)ccoc2c1-c1ccc2oc(=O)ccc2c1. The number of rotatable bonds is 3. The largest absolute Gasteiger partial charge is 0.463 e. The van der Waals surface area contributed by atoms with E-state index in [2.05, 4.69) is 0 Å². The molecule has 0 spiro atoms. The second-order valence-electron chi connectivity index (χ2n) is 5.70. The summed E-state index contributed by atoms with van der Waals surface area (Å²) in [6, 6.07) is 13.6. The molecular formula is C20H14O5. The van der Waals surface area contributed by atoms with E-state index in [1.807, 2.05) is 18.2 Å². The monoisotopic (exact) mass is 334 g/mol. The molecule has 0 aliphatic heterocycles. The van der Waals surface area contributed by atoms with Gasteiger partial charge < -0.3 is 13.6 Å². The first kappa shape index (κ1) is 15.4. The van der Waals surface area contributed by atoms with Gasteiger partial charge in [-0.25, -0.2) is 4.79 Å². The highest BCUT2D eigenvalue weighted by Gasteiger charge is 2.14. The van der Waals surface area contributed by atoms with Gasteiger partial charge in [0.25, 0.3) is 0 Å². The molecule has 0 fully saturated rings. The molecule has 0 amide bonds. The van der Waals surface area contributed by atoms with Crippen molar-refractivity contribution in [3.63, 3.8) is 0 Å². The summed E-state index contributed by atoms with van der Waals surface area (Å²) in [5, 5.41) is 1.30. The molecule has 0 saturated heterocycles. The van der Waals surface area contributed by atoms with Crippen molar-refractivity contribution in [3.8, 4) is 11.1 Å². The Kier molecular flexibility index (Phi) is 3.71. The highest BCUT2D eigenvalue weighted by molar-refractivity contribution is 5.96. The standard InChI is InChI=1S/C20H14O5/c1-23-11-14-2-5-15-16(21)8-9-24-20(15)19(14)13-3-6-17-12(10-13)4-7-18(22)25-17/h2-10H,11H2,1H3. The average Bonchev–Trinajstić information content (AvgIpc) is 2.62. The minimum Gasteiger partial charge on any atom is -0.463 e. The van der Waals surface area contributed by atoms with E-state index in [4.69, 9.17) is 13.6 Å². The van der Waals surface area contributed by atoms with Crippen molar-refractivity contribution in [2.24, 2.45) is 0 Å². The van der Waals surface area contributed by atoms with E-state index in [0.29, 0.717) is 23.2 Å². The molecule has 0 aliphatic rings. The number of ether oxygens (including phenoxy) is 1. The van der Waals surface area contributed by atoms with Crippen molar-refractivity contribution in [2.75, 3.05) is 7.11 Å². The van der Waals surface area contributed by atoms with Crippen molar-refractivity contribution < 1.29 is 13.6 Å². The van der Waals surface area contributed by atoms with Crippen LogP contribution in [0.1, 0.15) is 5.56 Å². The number of methoxy groups -OCH3 is 1. The summed E-state index contributed by atoms with van der Waals surface area (Å²) in [4.78, 5) is 23.5. The normalized spacial score (nSPS) is 11.2. The Morgan fingerprint density at radius 3 is 2.72 bits per heavy atom. The fraction of sp³-hybridized carbons (Fsp3) is 0.100. The molecule has 5 heteroatoms. The van der Waals surface area contributed by atoms with Gasteiger partial charge in [-0.1, -0.05) is 12.1 Å². The lowest BCUT2D eigenvalue weighted by Gasteiger charge is -2.12. The lowest BCUT2D eigenvalue weighted by atomic mass is 9.96. The Hall–Kier alpha value is -3.18. The smallest absolute Gasteiger partial charge is 0.336 e. The minimum absolute atomic E-state index is 0.0988. The van der Waals surface area contributed by atoms with Gasteiger partial charge in [0.05, 0.1) is 18.3 Å². The Bertz CT molecular complexity index is 1200. The minimum atomic E-state index is -0.392. The van der Waals surface area contributed by atoms with Crippen molar-refractivity contribution >= 4 is 21.9 Å². The van der Waals surface area contributed by atoms with Crippen LogP contribution in [-0.4, -0.2) is 7.11 Å². The third-order valence-corrected chi connectivity index (χ3v) is 4.12. The number of hydrogen-bond donors (Lipinski definition) is 0. The van der Waals surface area contributed by atoms with Crippen LogP contribution < -0.4 is 11.1 Å². The molecule has 2 heterocycles. The van der Waals surface area contributed by atoms with Crippen LogP contribution in [0.3, 0.4) is 0 Å². The Labute approximate surface area is 142 Å². The lowest BCUT2D eigenvalue weighted by Crippen LogP contribution is -2.01. The molecule has 0 atom stereocenters. The van der Waals surface area contributed by atoms with E-state index < -0.39 is 5.63 Å². The molecule has 0 radical (unpaired) electrons. The molecule has 5 nitrogen and oxygen atoms in total. The van der Waals surface area contributed by atoms with Gasteiger partial charge in [-0.15, -0.1) is 0 Å². The van der Waals surface area contributed by atoms with Gasteiger partial charge in [0.15, 0.2) is 5.43 Å². The fourth-order valence-electron chi connectivity index (χ4n) is 3.01. The topological polar surface area (TPSA) is 69.7 Å². The van der Waals surface area contributed by atoms with Crippen molar-refractivity contribution in [2.45, 2.75) is 6.61 Å². The van der Waals surface area contributed by atoms with E-state index in [1.165, 1.54) is 18.4 Å². The first-order valence-corrected chi connectivity index (χ1v) is 7.74. The molecule has 0 saturated carbocycles. The van der Waals surface area contributed by atoms with E-state index in [1.54, 1.807) is 25.3 Å². The summed E-state index contributed by atoms with van der Waals surface area (Å²) < 4.78 is 16.1. The predicted octanol–water partition coefficient (Wildman–Crippen LogP) is 3.71. The molecule has 124 valence electrons. The Morgan fingerprint density at radius 1 is 1.00 bits per heavy atom.